The smallest absolute Gasteiger partial charge is 0.249 e. The lowest BCUT2D eigenvalue weighted by Crippen LogP contribution is -2.23. The lowest BCUT2D eigenvalue weighted by Gasteiger charge is -2.18. The molecule has 0 unspecified atom stereocenters. The number of halogens is 1. The first kappa shape index (κ1) is 22.7. The number of para-hydroxylation sites is 2. The second kappa shape index (κ2) is 9.63. The van der Waals surface area contributed by atoms with Crippen LogP contribution < -0.4 is 10.2 Å². The number of carbonyl (C=O) groups excluding carboxylic acids is 2. The zero-order valence-corrected chi connectivity index (χ0v) is 19.8. The van der Waals surface area contributed by atoms with Gasteiger partial charge in [-0.3, -0.25) is 14.5 Å². The van der Waals surface area contributed by atoms with E-state index in [1.165, 1.54) is 41.4 Å². The fourth-order valence-corrected chi connectivity index (χ4v) is 4.94. The minimum Gasteiger partial charge on any atom is -0.307 e. The number of benzene rings is 2. The molecule has 1 N–H and O–H groups in total. The Morgan fingerprint density at radius 1 is 1.11 bits per heavy atom. The summed E-state index contributed by atoms with van der Waals surface area (Å²) < 4.78 is 16.1. The summed E-state index contributed by atoms with van der Waals surface area (Å²) in [4.78, 5) is 30.7. The van der Waals surface area contributed by atoms with E-state index in [0.29, 0.717) is 16.6 Å². The number of nitrogens with zero attached hydrogens (tertiary/aromatic N) is 4. The quantitative estimate of drug-likeness (QED) is 0.375. The van der Waals surface area contributed by atoms with Crippen LogP contribution in [-0.4, -0.2) is 26.6 Å². The van der Waals surface area contributed by atoms with Gasteiger partial charge >= 0.3 is 0 Å². The summed E-state index contributed by atoms with van der Waals surface area (Å²) in [5.41, 5.74) is 3.57. The maximum Gasteiger partial charge on any atom is 0.249 e. The van der Waals surface area contributed by atoms with Crippen molar-refractivity contribution in [3.63, 3.8) is 0 Å². The van der Waals surface area contributed by atoms with Gasteiger partial charge in [-0.15, -0.1) is 11.3 Å². The largest absolute Gasteiger partial charge is 0.307 e. The van der Waals surface area contributed by atoms with Crippen LogP contribution in [-0.2, 0) is 22.4 Å². The molecule has 1 aliphatic rings. The highest BCUT2D eigenvalue weighted by Crippen LogP contribution is 2.32. The van der Waals surface area contributed by atoms with Crippen LogP contribution in [0.25, 0.3) is 11.8 Å². The van der Waals surface area contributed by atoms with E-state index in [4.69, 9.17) is 5.10 Å². The summed E-state index contributed by atoms with van der Waals surface area (Å²) in [6.45, 7) is 1.35. The molecule has 176 valence electrons. The Morgan fingerprint density at radius 2 is 1.89 bits per heavy atom. The van der Waals surface area contributed by atoms with Crippen LogP contribution >= 0.6 is 11.3 Å². The lowest BCUT2D eigenvalue weighted by atomic mass is 10.2. The Kier molecular flexibility index (Phi) is 6.24. The van der Waals surface area contributed by atoms with E-state index in [1.54, 1.807) is 28.3 Å². The fourth-order valence-electron chi connectivity index (χ4n) is 4.09. The van der Waals surface area contributed by atoms with E-state index in [1.807, 2.05) is 30.3 Å². The van der Waals surface area contributed by atoms with Gasteiger partial charge in [-0.05, 0) is 49.6 Å². The minimum absolute atomic E-state index is 0.130. The Morgan fingerprint density at radius 3 is 2.66 bits per heavy atom. The monoisotopic (exact) mass is 487 g/mol. The number of fused-ring (bicyclic) bond motifs is 1. The highest BCUT2D eigenvalue weighted by molar-refractivity contribution is 7.14. The number of carbonyl (C=O) groups is 2. The molecular formula is C26H22FN5O2S. The first-order valence-electron chi connectivity index (χ1n) is 11.2. The van der Waals surface area contributed by atoms with Crippen molar-refractivity contribution in [1.29, 1.82) is 0 Å². The number of hydrogen-bond acceptors (Lipinski definition) is 5. The van der Waals surface area contributed by atoms with Crippen LogP contribution in [0.3, 0.4) is 0 Å². The molecule has 2 aromatic heterocycles. The van der Waals surface area contributed by atoms with Gasteiger partial charge in [0.15, 0.2) is 5.13 Å². The zero-order chi connectivity index (χ0) is 24.4. The standard InChI is InChI=1S/C26H22FN5O2S/c1-17(33)31(23-13-6-5-11-21(23)27)26-28-18(16-35-26)14-15-24(34)29-25-20-10-7-12-22(20)30-32(25)19-8-3-2-4-9-19/h2-6,8-9,11,13-16H,7,10,12H2,1H3,(H,29,34)/b15-14+. The van der Waals surface area contributed by atoms with E-state index in [9.17, 15) is 14.0 Å². The minimum atomic E-state index is -0.517. The normalized spacial score (nSPS) is 12.6. The molecule has 0 radical (unpaired) electrons. The highest BCUT2D eigenvalue weighted by Gasteiger charge is 2.24. The third-order valence-electron chi connectivity index (χ3n) is 5.66. The molecule has 2 heterocycles. The first-order chi connectivity index (χ1) is 17.0. The Hall–Kier alpha value is -4.11. The molecule has 0 saturated heterocycles. The summed E-state index contributed by atoms with van der Waals surface area (Å²) in [5.74, 6) is -0.513. The van der Waals surface area contributed by atoms with Gasteiger partial charge in [0.2, 0.25) is 11.8 Å². The molecule has 5 rings (SSSR count). The highest BCUT2D eigenvalue weighted by atomic mass is 32.1. The molecule has 0 saturated carbocycles. The van der Waals surface area contributed by atoms with E-state index < -0.39 is 5.82 Å². The summed E-state index contributed by atoms with van der Waals surface area (Å²) >= 11 is 1.19. The maximum atomic E-state index is 14.3. The SMILES string of the molecule is CC(=O)N(c1nc(/C=C/C(=O)Nc2c3c(nn2-c2ccccc2)CCC3)cs1)c1ccccc1F. The Balaban J connectivity index is 1.36. The Labute approximate surface area is 205 Å². The summed E-state index contributed by atoms with van der Waals surface area (Å²) in [5, 5.41) is 9.72. The van der Waals surface area contributed by atoms with E-state index in [0.717, 1.165) is 36.2 Å². The topological polar surface area (TPSA) is 80.1 Å². The number of anilines is 3. The van der Waals surface area contributed by atoms with Gasteiger partial charge in [0.05, 0.1) is 22.8 Å². The molecule has 0 atom stereocenters. The average molecular weight is 488 g/mol. The van der Waals surface area contributed by atoms with Crippen molar-refractivity contribution < 1.29 is 14.0 Å². The fraction of sp³-hybridized carbons (Fsp3) is 0.154. The summed E-state index contributed by atoms with van der Waals surface area (Å²) in [6, 6.07) is 15.7. The molecule has 7 nitrogen and oxygen atoms in total. The van der Waals surface area contributed by atoms with Gasteiger partial charge in [0.25, 0.3) is 0 Å². The second-order valence-electron chi connectivity index (χ2n) is 8.06. The van der Waals surface area contributed by atoms with Crippen LogP contribution in [0.2, 0.25) is 0 Å². The predicted molar refractivity (Wildman–Crippen MR) is 135 cm³/mol. The zero-order valence-electron chi connectivity index (χ0n) is 18.9. The van der Waals surface area contributed by atoms with E-state index >= 15 is 0 Å². The number of rotatable bonds is 6. The number of hydrogen-bond donors (Lipinski definition) is 1. The molecule has 0 fully saturated rings. The van der Waals surface area contributed by atoms with Crippen LogP contribution in [0, 0.1) is 5.82 Å². The summed E-state index contributed by atoms with van der Waals surface area (Å²) in [6.07, 6.45) is 5.74. The van der Waals surface area contributed by atoms with Gasteiger partial charge in [-0.25, -0.2) is 14.1 Å². The van der Waals surface area contributed by atoms with Crippen molar-refractivity contribution in [2.45, 2.75) is 26.2 Å². The third kappa shape index (κ3) is 4.63. The molecule has 1 aliphatic carbocycles. The van der Waals surface area contributed by atoms with Crippen LogP contribution in [0.5, 0.6) is 0 Å². The molecule has 0 spiro atoms. The van der Waals surface area contributed by atoms with Gasteiger partial charge < -0.3 is 5.32 Å². The predicted octanol–water partition coefficient (Wildman–Crippen LogP) is 5.29. The van der Waals surface area contributed by atoms with Crippen LogP contribution in [0.15, 0.2) is 66.1 Å². The number of thiazole rings is 1. The molecule has 2 aromatic carbocycles. The second-order valence-corrected chi connectivity index (χ2v) is 8.89. The van der Waals surface area contributed by atoms with Gasteiger partial charge in [-0.2, -0.15) is 5.10 Å². The van der Waals surface area contributed by atoms with Crippen molar-refractivity contribution in [3.8, 4) is 5.69 Å². The first-order valence-corrected chi connectivity index (χ1v) is 12.1. The third-order valence-corrected chi connectivity index (χ3v) is 6.51. The van der Waals surface area contributed by atoms with Crippen molar-refractivity contribution in [1.82, 2.24) is 14.8 Å². The Bertz CT molecular complexity index is 1430. The molecule has 4 aromatic rings. The molecule has 9 heteroatoms. The number of nitrogens with one attached hydrogen (secondary N) is 1. The van der Waals surface area contributed by atoms with Gasteiger partial charge in [-0.1, -0.05) is 30.3 Å². The van der Waals surface area contributed by atoms with Gasteiger partial charge in [0, 0.05) is 23.9 Å². The molecule has 0 bridgehead atoms. The molecule has 2 amide bonds. The number of aromatic nitrogens is 3. The molecular weight excluding hydrogens is 465 g/mol. The molecule has 0 aliphatic heterocycles. The maximum absolute atomic E-state index is 14.3. The van der Waals surface area contributed by atoms with Crippen molar-refractivity contribution in [2.75, 3.05) is 10.2 Å². The van der Waals surface area contributed by atoms with Crippen LogP contribution in [0.4, 0.5) is 21.0 Å². The lowest BCUT2D eigenvalue weighted by molar-refractivity contribution is -0.116. The van der Waals surface area contributed by atoms with Crippen molar-refractivity contribution >= 4 is 45.9 Å². The number of aryl methyl sites for hydroxylation is 1. The van der Waals surface area contributed by atoms with E-state index in [-0.39, 0.29) is 17.5 Å². The average Bonchev–Trinajstić information content (AvgIpc) is 3.58. The summed E-state index contributed by atoms with van der Waals surface area (Å²) in [7, 11) is 0. The van der Waals surface area contributed by atoms with Gasteiger partial charge in [0.1, 0.15) is 11.6 Å². The van der Waals surface area contributed by atoms with Crippen molar-refractivity contribution in [3.05, 3.63) is 88.8 Å². The van der Waals surface area contributed by atoms with Crippen molar-refractivity contribution in [2.24, 2.45) is 0 Å². The molecule has 35 heavy (non-hydrogen) atoms. The van der Waals surface area contributed by atoms with Crippen LogP contribution in [0.1, 0.15) is 30.3 Å². The number of amides is 2. The van der Waals surface area contributed by atoms with E-state index in [2.05, 4.69) is 10.3 Å².